The van der Waals surface area contributed by atoms with Gasteiger partial charge in [0, 0.05) is 11.4 Å². The molecule has 0 atom stereocenters. The molecule has 0 aliphatic carbocycles. The molecule has 0 N–H and O–H groups in total. The fourth-order valence-electron chi connectivity index (χ4n) is 1.68. The van der Waals surface area contributed by atoms with E-state index in [1.807, 2.05) is 63.4 Å². The second kappa shape index (κ2) is 10.4. The monoisotopic (exact) mass is 343 g/mol. The van der Waals surface area contributed by atoms with Crippen molar-refractivity contribution < 1.29 is 9.47 Å². The van der Waals surface area contributed by atoms with Gasteiger partial charge in [-0.05, 0) is 32.1 Å². The van der Waals surface area contributed by atoms with Gasteiger partial charge in [-0.2, -0.15) is 0 Å². The summed E-state index contributed by atoms with van der Waals surface area (Å²) in [5, 5.41) is 3.04. The van der Waals surface area contributed by atoms with Gasteiger partial charge in [0.05, 0.1) is 10.7 Å². The summed E-state index contributed by atoms with van der Waals surface area (Å²) in [5.41, 5.74) is 1.88. The van der Waals surface area contributed by atoms with E-state index in [1.54, 1.807) is 17.4 Å². The Morgan fingerprint density at radius 3 is 2.54 bits per heavy atom. The third-order valence-electron chi connectivity index (χ3n) is 2.66. The summed E-state index contributed by atoms with van der Waals surface area (Å²) in [6.07, 6.45) is 3.64. The van der Waals surface area contributed by atoms with Crippen molar-refractivity contribution in [3.8, 4) is 11.5 Å². The van der Waals surface area contributed by atoms with E-state index in [9.17, 15) is 0 Å². The smallest absolute Gasteiger partial charge is 0.131 e. The predicted octanol–water partition coefficient (Wildman–Crippen LogP) is 6.08. The minimum atomic E-state index is 0.449. The minimum Gasteiger partial charge on any atom is -0.487 e. The molecule has 0 bridgehead atoms. The normalized spacial score (nSPS) is 10.0. The second-order valence-electron chi connectivity index (χ2n) is 4.87. The highest BCUT2D eigenvalue weighted by molar-refractivity contribution is 7.09. The van der Waals surface area contributed by atoms with E-state index in [4.69, 9.17) is 9.47 Å². The Hall–Kier alpha value is -2.33. The van der Waals surface area contributed by atoms with Crippen LogP contribution in [0.1, 0.15) is 31.5 Å². The molecule has 0 saturated heterocycles. The average molecular weight is 343 g/mol. The lowest BCUT2D eigenvalue weighted by atomic mass is 10.3. The first-order valence-corrected chi connectivity index (χ1v) is 8.75. The van der Waals surface area contributed by atoms with Crippen LogP contribution in [0, 0.1) is 6.92 Å². The number of nitrogens with zero attached hydrogens (tertiary/aromatic N) is 1. The van der Waals surface area contributed by atoms with Crippen molar-refractivity contribution in [1.29, 1.82) is 0 Å². The summed E-state index contributed by atoms with van der Waals surface area (Å²) >= 11 is 1.62. The quantitative estimate of drug-likeness (QED) is 0.451. The van der Waals surface area contributed by atoms with Gasteiger partial charge in [-0.1, -0.05) is 44.7 Å². The Balaban J connectivity index is 0.00000139. The van der Waals surface area contributed by atoms with Gasteiger partial charge in [0.25, 0.3) is 0 Å². The molecule has 1 heterocycles. The van der Waals surface area contributed by atoms with Crippen molar-refractivity contribution in [1.82, 2.24) is 4.98 Å². The van der Waals surface area contributed by atoms with Gasteiger partial charge in [-0.25, -0.2) is 4.98 Å². The number of aryl methyl sites for hydroxylation is 1. The molecular weight excluding hydrogens is 318 g/mol. The molecule has 0 aliphatic heterocycles. The molecule has 0 amide bonds. The lowest BCUT2D eigenvalue weighted by Crippen LogP contribution is -1.96. The topological polar surface area (TPSA) is 31.4 Å². The van der Waals surface area contributed by atoms with Gasteiger partial charge in [0.15, 0.2) is 0 Å². The molecule has 24 heavy (non-hydrogen) atoms. The zero-order valence-electron chi connectivity index (χ0n) is 14.8. The Bertz CT molecular complexity index is 701. The van der Waals surface area contributed by atoms with Crippen LogP contribution in [0.2, 0.25) is 0 Å². The molecule has 3 nitrogen and oxygen atoms in total. The molecule has 0 radical (unpaired) electrons. The Morgan fingerprint density at radius 2 is 1.92 bits per heavy atom. The third-order valence-corrected chi connectivity index (χ3v) is 3.48. The summed E-state index contributed by atoms with van der Waals surface area (Å²) in [6, 6.07) is 7.46. The summed E-state index contributed by atoms with van der Waals surface area (Å²) in [5.74, 6) is 1.97. The molecule has 1 aromatic heterocycles. The first-order valence-electron chi connectivity index (χ1n) is 7.87. The van der Waals surface area contributed by atoms with Crippen LogP contribution in [-0.2, 0) is 6.61 Å². The summed E-state index contributed by atoms with van der Waals surface area (Å²) in [4.78, 5) is 4.37. The van der Waals surface area contributed by atoms with Gasteiger partial charge in [-0.15, -0.1) is 11.3 Å². The fourth-order valence-corrected chi connectivity index (χ4v) is 2.28. The van der Waals surface area contributed by atoms with E-state index in [0.29, 0.717) is 18.1 Å². The number of thiazole rings is 1. The number of ether oxygens (including phenoxy) is 2. The maximum absolute atomic E-state index is 5.73. The van der Waals surface area contributed by atoms with E-state index in [0.717, 1.165) is 22.0 Å². The average Bonchev–Trinajstić information content (AvgIpc) is 2.99. The van der Waals surface area contributed by atoms with Crippen LogP contribution in [0.5, 0.6) is 11.5 Å². The number of hydrogen-bond acceptors (Lipinski definition) is 4. The highest BCUT2D eigenvalue weighted by atomic mass is 32.1. The standard InChI is InChI=1S/C18H19NO2S.C2H6/c1-13(2)8-9-14(3)21-18-7-5-6-17(10-18)20-11-16-12-22-15(4)19-16;1-2/h5-10,12H,1,3,11H2,2,4H3;1-2H3/b9-8-;. The van der Waals surface area contributed by atoms with Crippen molar-refractivity contribution in [2.24, 2.45) is 0 Å². The molecule has 0 aliphatic rings. The van der Waals surface area contributed by atoms with E-state index in [1.165, 1.54) is 0 Å². The van der Waals surface area contributed by atoms with Crippen LogP contribution in [0.4, 0.5) is 0 Å². The van der Waals surface area contributed by atoms with Crippen LogP contribution >= 0.6 is 11.3 Å². The van der Waals surface area contributed by atoms with Crippen molar-refractivity contribution >= 4 is 11.3 Å². The van der Waals surface area contributed by atoms with Crippen LogP contribution in [0.3, 0.4) is 0 Å². The number of aromatic nitrogens is 1. The first kappa shape index (κ1) is 19.7. The van der Waals surface area contributed by atoms with Crippen LogP contribution in [0.25, 0.3) is 0 Å². The van der Waals surface area contributed by atoms with Gasteiger partial charge in [0.2, 0.25) is 0 Å². The van der Waals surface area contributed by atoms with E-state index >= 15 is 0 Å². The molecule has 0 saturated carbocycles. The summed E-state index contributed by atoms with van der Waals surface area (Å²) in [6.45, 7) is 16.0. The van der Waals surface area contributed by atoms with E-state index < -0.39 is 0 Å². The highest BCUT2D eigenvalue weighted by Gasteiger charge is 2.02. The molecular formula is C20H25NO2S. The van der Waals surface area contributed by atoms with Crippen LogP contribution in [-0.4, -0.2) is 4.98 Å². The zero-order chi connectivity index (χ0) is 17.9. The van der Waals surface area contributed by atoms with E-state index in [-0.39, 0.29) is 0 Å². The molecule has 0 fully saturated rings. The molecule has 2 rings (SSSR count). The Morgan fingerprint density at radius 1 is 1.21 bits per heavy atom. The SMILES string of the molecule is C=C(C)/C=C\C(=C)Oc1cccc(OCc2csc(C)n2)c1.CC. The van der Waals surface area contributed by atoms with Gasteiger partial charge in [0.1, 0.15) is 23.9 Å². The van der Waals surface area contributed by atoms with Crippen molar-refractivity contribution in [2.75, 3.05) is 0 Å². The number of rotatable bonds is 7. The van der Waals surface area contributed by atoms with E-state index in [2.05, 4.69) is 18.1 Å². The minimum absolute atomic E-state index is 0.449. The summed E-state index contributed by atoms with van der Waals surface area (Å²) < 4.78 is 11.4. The third kappa shape index (κ3) is 7.29. The van der Waals surface area contributed by atoms with Gasteiger partial charge in [-0.3, -0.25) is 0 Å². The number of allylic oxidation sites excluding steroid dienone is 3. The van der Waals surface area contributed by atoms with Gasteiger partial charge < -0.3 is 9.47 Å². The number of hydrogen-bond donors (Lipinski definition) is 0. The van der Waals surface area contributed by atoms with Crippen molar-refractivity contribution in [3.63, 3.8) is 0 Å². The largest absolute Gasteiger partial charge is 0.487 e. The molecule has 4 heteroatoms. The highest BCUT2D eigenvalue weighted by Crippen LogP contribution is 2.22. The van der Waals surface area contributed by atoms with Crippen LogP contribution in [0.15, 0.2) is 66.3 Å². The molecule has 0 unspecified atom stereocenters. The molecule has 2 aromatic rings. The zero-order valence-corrected chi connectivity index (χ0v) is 15.7. The second-order valence-corrected chi connectivity index (χ2v) is 5.93. The Kier molecular flexibility index (Phi) is 8.58. The predicted molar refractivity (Wildman–Crippen MR) is 103 cm³/mol. The Labute approximate surface area is 149 Å². The maximum atomic E-state index is 5.73. The molecule has 1 aromatic carbocycles. The summed E-state index contributed by atoms with van der Waals surface area (Å²) in [7, 11) is 0. The lowest BCUT2D eigenvalue weighted by molar-refractivity contribution is 0.300. The van der Waals surface area contributed by atoms with Crippen molar-refractivity contribution in [3.05, 3.63) is 77.0 Å². The maximum Gasteiger partial charge on any atom is 0.131 e. The molecule has 128 valence electrons. The fraction of sp³-hybridized carbons (Fsp3) is 0.250. The lowest BCUT2D eigenvalue weighted by Gasteiger charge is -2.08. The van der Waals surface area contributed by atoms with Gasteiger partial charge >= 0.3 is 0 Å². The van der Waals surface area contributed by atoms with Crippen molar-refractivity contribution in [2.45, 2.75) is 34.3 Å². The van der Waals surface area contributed by atoms with Crippen LogP contribution < -0.4 is 9.47 Å². The molecule has 0 spiro atoms. The number of benzene rings is 1. The first-order chi connectivity index (χ1) is 11.5.